The first-order valence-electron chi connectivity index (χ1n) is 8.42. The molecule has 0 aliphatic heterocycles. The van der Waals surface area contributed by atoms with E-state index in [1.54, 1.807) is 24.3 Å². The van der Waals surface area contributed by atoms with Crippen LogP contribution in [0.4, 0.5) is 5.69 Å². The number of rotatable bonds is 7. The molecule has 0 unspecified atom stereocenters. The molecular weight excluding hydrogens is 316 g/mol. The van der Waals surface area contributed by atoms with Crippen molar-refractivity contribution >= 4 is 17.5 Å². The van der Waals surface area contributed by atoms with E-state index in [9.17, 15) is 9.59 Å². The van der Waals surface area contributed by atoms with E-state index in [1.807, 2.05) is 32.0 Å². The van der Waals surface area contributed by atoms with Crippen LogP contribution in [0, 0.1) is 0 Å². The van der Waals surface area contributed by atoms with Gasteiger partial charge in [0.1, 0.15) is 5.75 Å². The second kappa shape index (κ2) is 8.87. The molecule has 0 radical (unpaired) electrons. The molecule has 2 rings (SSSR count). The van der Waals surface area contributed by atoms with Crippen molar-refractivity contribution in [3.05, 3.63) is 59.2 Å². The lowest BCUT2D eigenvalue weighted by molar-refractivity contribution is -0.115. The van der Waals surface area contributed by atoms with Crippen LogP contribution in [0.3, 0.4) is 0 Å². The topological polar surface area (TPSA) is 67.4 Å². The number of aryl methyl sites for hydroxylation is 2. The smallest absolute Gasteiger partial charge is 0.255 e. The van der Waals surface area contributed by atoms with Crippen molar-refractivity contribution in [2.75, 3.05) is 19.0 Å². The molecule has 2 aromatic carbocycles. The molecule has 2 amide bonds. The summed E-state index contributed by atoms with van der Waals surface area (Å²) in [6, 6.07) is 12.9. The summed E-state index contributed by atoms with van der Waals surface area (Å²) in [6.07, 6.45) is 1.66. The van der Waals surface area contributed by atoms with Gasteiger partial charge in [0, 0.05) is 5.69 Å². The predicted molar refractivity (Wildman–Crippen MR) is 99.2 cm³/mol. The lowest BCUT2D eigenvalue weighted by Crippen LogP contribution is -2.33. The average molecular weight is 340 g/mol. The van der Waals surface area contributed by atoms with Crippen LogP contribution in [-0.2, 0) is 17.6 Å². The van der Waals surface area contributed by atoms with Gasteiger partial charge in [0.25, 0.3) is 5.91 Å². The second-order valence-electron chi connectivity index (χ2n) is 5.59. The van der Waals surface area contributed by atoms with Crippen LogP contribution in [0.15, 0.2) is 42.5 Å². The lowest BCUT2D eigenvalue weighted by atomic mass is 10.0. The first-order chi connectivity index (χ1) is 12.1. The molecule has 132 valence electrons. The Balaban J connectivity index is 2.03. The second-order valence-corrected chi connectivity index (χ2v) is 5.59. The van der Waals surface area contributed by atoms with Gasteiger partial charge in [0.2, 0.25) is 5.91 Å². The van der Waals surface area contributed by atoms with Gasteiger partial charge in [-0.25, -0.2) is 0 Å². The maximum atomic E-state index is 12.3. The van der Waals surface area contributed by atoms with Gasteiger partial charge in [0.15, 0.2) is 0 Å². The third kappa shape index (κ3) is 4.59. The van der Waals surface area contributed by atoms with Crippen molar-refractivity contribution < 1.29 is 14.3 Å². The Morgan fingerprint density at radius 2 is 1.60 bits per heavy atom. The van der Waals surface area contributed by atoms with Crippen LogP contribution in [-0.4, -0.2) is 25.5 Å². The van der Waals surface area contributed by atoms with Crippen LogP contribution >= 0.6 is 0 Å². The predicted octanol–water partition coefficient (Wildman–Crippen LogP) is 3.19. The molecule has 0 atom stereocenters. The molecule has 0 fully saturated rings. The summed E-state index contributed by atoms with van der Waals surface area (Å²) >= 11 is 0. The Bertz CT molecular complexity index is 734. The van der Waals surface area contributed by atoms with E-state index < -0.39 is 0 Å². The van der Waals surface area contributed by atoms with E-state index in [2.05, 4.69) is 10.6 Å². The quantitative estimate of drug-likeness (QED) is 0.813. The van der Waals surface area contributed by atoms with Crippen LogP contribution in [0.5, 0.6) is 5.75 Å². The lowest BCUT2D eigenvalue weighted by Gasteiger charge is -2.15. The van der Waals surface area contributed by atoms with E-state index in [-0.39, 0.29) is 18.4 Å². The minimum absolute atomic E-state index is 0.0991. The number of carbonyl (C=O) groups excluding carboxylic acids is 2. The van der Waals surface area contributed by atoms with Crippen molar-refractivity contribution in [2.24, 2.45) is 0 Å². The molecule has 5 heteroatoms. The fourth-order valence-corrected chi connectivity index (χ4v) is 2.67. The molecule has 5 nitrogen and oxygen atoms in total. The maximum Gasteiger partial charge on any atom is 0.255 e. The third-order valence-electron chi connectivity index (χ3n) is 4.02. The number of hydrogen-bond acceptors (Lipinski definition) is 3. The number of nitrogens with one attached hydrogen (secondary N) is 2. The van der Waals surface area contributed by atoms with Crippen molar-refractivity contribution in [1.82, 2.24) is 5.32 Å². The van der Waals surface area contributed by atoms with Crippen LogP contribution in [0.1, 0.15) is 35.3 Å². The minimum Gasteiger partial charge on any atom is -0.496 e. The highest BCUT2D eigenvalue weighted by Crippen LogP contribution is 2.22. The van der Waals surface area contributed by atoms with E-state index in [0.29, 0.717) is 11.3 Å². The highest BCUT2D eigenvalue weighted by Gasteiger charge is 2.14. The largest absolute Gasteiger partial charge is 0.496 e. The van der Waals surface area contributed by atoms with Crippen LogP contribution in [0.2, 0.25) is 0 Å². The first kappa shape index (κ1) is 18.5. The molecule has 0 spiro atoms. The van der Waals surface area contributed by atoms with E-state index in [0.717, 1.165) is 29.7 Å². The summed E-state index contributed by atoms with van der Waals surface area (Å²) in [4.78, 5) is 24.5. The van der Waals surface area contributed by atoms with Crippen molar-refractivity contribution in [3.63, 3.8) is 0 Å². The fourth-order valence-electron chi connectivity index (χ4n) is 2.67. The normalized spacial score (nSPS) is 10.2. The van der Waals surface area contributed by atoms with Gasteiger partial charge in [-0.1, -0.05) is 44.2 Å². The molecule has 0 bridgehead atoms. The Morgan fingerprint density at radius 1 is 0.960 bits per heavy atom. The molecule has 0 heterocycles. The molecule has 0 saturated heterocycles. The molecule has 2 aromatic rings. The van der Waals surface area contributed by atoms with Gasteiger partial charge >= 0.3 is 0 Å². The van der Waals surface area contributed by atoms with E-state index in [1.165, 1.54) is 7.11 Å². The Kier molecular flexibility index (Phi) is 6.57. The van der Waals surface area contributed by atoms with Crippen LogP contribution < -0.4 is 15.4 Å². The van der Waals surface area contributed by atoms with E-state index >= 15 is 0 Å². The zero-order valence-electron chi connectivity index (χ0n) is 14.9. The van der Waals surface area contributed by atoms with Gasteiger partial charge in [-0.05, 0) is 36.1 Å². The molecule has 25 heavy (non-hydrogen) atoms. The third-order valence-corrected chi connectivity index (χ3v) is 4.02. The van der Waals surface area contributed by atoms with Gasteiger partial charge in [-0.15, -0.1) is 0 Å². The summed E-state index contributed by atoms with van der Waals surface area (Å²) in [5.41, 5.74) is 3.43. The number of benzene rings is 2. The number of para-hydroxylation sites is 2. The standard InChI is InChI=1S/C20H24N2O3/c1-4-14-9-8-10-15(5-2)19(14)22-18(23)13-21-20(24)16-11-6-7-12-17(16)25-3/h6-12H,4-5,13H2,1-3H3,(H,21,24)(H,22,23). The molecule has 0 saturated carbocycles. The number of anilines is 1. The van der Waals surface area contributed by atoms with Crippen LogP contribution in [0.25, 0.3) is 0 Å². The number of hydrogen-bond donors (Lipinski definition) is 2. The Labute approximate surface area is 148 Å². The number of amides is 2. The molecule has 0 aliphatic rings. The molecule has 2 N–H and O–H groups in total. The van der Waals surface area contributed by atoms with Gasteiger partial charge < -0.3 is 15.4 Å². The zero-order chi connectivity index (χ0) is 18.2. The summed E-state index contributed by atoms with van der Waals surface area (Å²) < 4.78 is 5.17. The first-order valence-corrected chi connectivity index (χ1v) is 8.42. The van der Waals surface area contributed by atoms with Gasteiger partial charge in [0.05, 0.1) is 19.2 Å². The fraction of sp³-hybridized carbons (Fsp3) is 0.300. The number of methoxy groups -OCH3 is 1. The summed E-state index contributed by atoms with van der Waals surface area (Å²) in [5.74, 6) is -0.115. The SMILES string of the molecule is CCc1cccc(CC)c1NC(=O)CNC(=O)c1ccccc1OC. The summed E-state index contributed by atoms with van der Waals surface area (Å²) in [7, 11) is 1.51. The zero-order valence-corrected chi connectivity index (χ0v) is 14.9. The Hall–Kier alpha value is -2.82. The van der Waals surface area contributed by atoms with Crippen molar-refractivity contribution in [2.45, 2.75) is 26.7 Å². The monoisotopic (exact) mass is 340 g/mol. The van der Waals surface area contributed by atoms with Gasteiger partial charge in [-0.2, -0.15) is 0 Å². The number of ether oxygens (including phenoxy) is 1. The maximum absolute atomic E-state index is 12.3. The number of carbonyl (C=O) groups is 2. The van der Waals surface area contributed by atoms with Crippen molar-refractivity contribution in [1.29, 1.82) is 0 Å². The molecule has 0 aromatic heterocycles. The van der Waals surface area contributed by atoms with Gasteiger partial charge in [-0.3, -0.25) is 9.59 Å². The minimum atomic E-state index is -0.341. The average Bonchev–Trinajstić information content (AvgIpc) is 2.66. The van der Waals surface area contributed by atoms with E-state index in [4.69, 9.17) is 4.74 Å². The highest BCUT2D eigenvalue weighted by atomic mass is 16.5. The highest BCUT2D eigenvalue weighted by molar-refractivity contribution is 6.01. The summed E-state index contributed by atoms with van der Waals surface area (Å²) in [6.45, 7) is 4.00. The summed E-state index contributed by atoms with van der Waals surface area (Å²) in [5, 5.41) is 5.57. The molecule has 0 aliphatic carbocycles. The Morgan fingerprint density at radius 3 is 2.20 bits per heavy atom. The molecular formula is C20H24N2O3. The van der Waals surface area contributed by atoms with Crippen molar-refractivity contribution in [3.8, 4) is 5.75 Å².